The number of Topliss-reactive ketones (excluding diaryl/α,β-unsaturated/α-hetero) is 1. The zero-order valence-corrected chi connectivity index (χ0v) is 9.55. The number of hydrogen-bond donors (Lipinski definition) is 0. The Hall–Kier alpha value is -1.36. The molecule has 5 heteroatoms. The Morgan fingerprint density at radius 2 is 1.88 bits per heavy atom. The molecule has 0 unspecified atom stereocenters. The molecule has 1 aromatic carbocycles. The summed E-state index contributed by atoms with van der Waals surface area (Å²) in [7, 11) is 1.30. The topological polar surface area (TPSA) is 43.4 Å². The monoisotopic (exact) mass is 242 g/mol. The first-order valence-electron chi connectivity index (χ1n) is 4.57. The quantitative estimate of drug-likeness (QED) is 0.584. The summed E-state index contributed by atoms with van der Waals surface area (Å²) >= 11 is 1.18. The molecule has 0 radical (unpaired) electrons. The highest BCUT2D eigenvalue weighted by molar-refractivity contribution is 8.00. The Bertz CT molecular complexity index is 375. The highest BCUT2D eigenvalue weighted by Gasteiger charge is 2.07. The van der Waals surface area contributed by atoms with Crippen LogP contribution in [-0.2, 0) is 9.53 Å². The van der Waals surface area contributed by atoms with Gasteiger partial charge in [-0.25, -0.2) is 4.39 Å². The molecule has 0 fully saturated rings. The number of carbonyl (C=O) groups is 2. The zero-order chi connectivity index (χ0) is 12.0. The molecule has 1 aromatic rings. The molecular formula is C11H11FO3S. The maximum atomic E-state index is 12.6. The smallest absolute Gasteiger partial charge is 0.315 e. The predicted molar refractivity (Wildman–Crippen MR) is 60.1 cm³/mol. The minimum atomic E-state index is -0.376. The van der Waals surface area contributed by atoms with Gasteiger partial charge in [0.1, 0.15) is 5.82 Å². The van der Waals surface area contributed by atoms with Crippen molar-refractivity contribution in [2.75, 3.05) is 18.6 Å². The van der Waals surface area contributed by atoms with Crippen LogP contribution in [-0.4, -0.2) is 30.4 Å². The molecule has 0 atom stereocenters. The van der Waals surface area contributed by atoms with Crippen LogP contribution in [0.15, 0.2) is 24.3 Å². The van der Waals surface area contributed by atoms with E-state index in [1.165, 1.54) is 43.1 Å². The van der Waals surface area contributed by atoms with Crippen molar-refractivity contribution in [3.05, 3.63) is 35.6 Å². The SMILES string of the molecule is COC(=O)CSCC(=O)c1ccc(F)cc1. The minimum absolute atomic E-state index is 0.131. The van der Waals surface area contributed by atoms with Crippen molar-refractivity contribution < 1.29 is 18.7 Å². The molecule has 0 amide bonds. The van der Waals surface area contributed by atoms with Crippen LogP contribution < -0.4 is 0 Å². The Morgan fingerprint density at radius 1 is 1.25 bits per heavy atom. The number of methoxy groups -OCH3 is 1. The van der Waals surface area contributed by atoms with Crippen LogP contribution in [0.1, 0.15) is 10.4 Å². The van der Waals surface area contributed by atoms with E-state index < -0.39 is 0 Å². The zero-order valence-electron chi connectivity index (χ0n) is 8.73. The van der Waals surface area contributed by atoms with Gasteiger partial charge in [0.05, 0.1) is 18.6 Å². The van der Waals surface area contributed by atoms with Crippen LogP contribution in [0, 0.1) is 5.82 Å². The summed E-state index contributed by atoms with van der Waals surface area (Å²) in [5.74, 6) is -0.547. The van der Waals surface area contributed by atoms with Crippen LogP contribution >= 0.6 is 11.8 Å². The van der Waals surface area contributed by atoms with Crippen molar-refractivity contribution in [1.29, 1.82) is 0 Å². The van der Waals surface area contributed by atoms with Crippen LogP contribution in [0.4, 0.5) is 4.39 Å². The number of halogens is 1. The van der Waals surface area contributed by atoms with Crippen LogP contribution in [0.3, 0.4) is 0 Å². The first-order valence-corrected chi connectivity index (χ1v) is 5.72. The van der Waals surface area contributed by atoms with E-state index in [9.17, 15) is 14.0 Å². The number of esters is 1. The van der Waals surface area contributed by atoms with E-state index >= 15 is 0 Å². The molecule has 0 aromatic heterocycles. The Kier molecular flexibility index (Phi) is 4.98. The summed E-state index contributed by atoms with van der Waals surface area (Å²) < 4.78 is 17.0. The number of hydrogen-bond acceptors (Lipinski definition) is 4. The molecule has 1 rings (SSSR count). The molecular weight excluding hydrogens is 231 g/mol. The van der Waals surface area contributed by atoms with E-state index in [0.717, 1.165) is 0 Å². The fourth-order valence-corrected chi connectivity index (χ4v) is 1.74. The lowest BCUT2D eigenvalue weighted by Gasteiger charge is -2.00. The first-order chi connectivity index (χ1) is 7.63. The summed E-state index contributed by atoms with van der Waals surface area (Å²) in [4.78, 5) is 22.3. The first kappa shape index (κ1) is 12.7. The minimum Gasteiger partial charge on any atom is -0.468 e. The molecule has 0 bridgehead atoms. The second-order valence-electron chi connectivity index (χ2n) is 3.00. The number of carbonyl (C=O) groups excluding carboxylic acids is 2. The third kappa shape index (κ3) is 4.02. The van der Waals surface area contributed by atoms with Crippen LogP contribution in [0.25, 0.3) is 0 Å². The van der Waals surface area contributed by atoms with Crippen molar-refractivity contribution >= 4 is 23.5 Å². The van der Waals surface area contributed by atoms with Gasteiger partial charge in [-0.15, -0.1) is 11.8 Å². The fourth-order valence-electron chi connectivity index (χ4n) is 1.01. The van der Waals surface area contributed by atoms with Crippen molar-refractivity contribution in [2.24, 2.45) is 0 Å². The Morgan fingerprint density at radius 3 is 2.44 bits per heavy atom. The molecule has 0 saturated carbocycles. The molecule has 0 aliphatic heterocycles. The van der Waals surface area contributed by atoms with Gasteiger partial charge < -0.3 is 4.74 Å². The molecule has 16 heavy (non-hydrogen) atoms. The maximum Gasteiger partial charge on any atom is 0.315 e. The molecule has 0 spiro atoms. The summed E-state index contributed by atoms with van der Waals surface area (Å²) in [6.07, 6.45) is 0. The Balaban J connectivity index is 2.41. The van der Waals surface area contributed by atoms with Gasteiger partial charge in [0.15, 0.2) is 5.78 Å². The van der Waals surface area contributed by atoms with Crippen LogP contribution in [0.2, 0.25) is 0 Å². The van der Waals surface area contributed by atoms with E-state index in [0.29, 0.717) is 5.56 Å². The van der Waals surface area contributed by atoms with Gasteiger partial charge in [-0.2, -0.15) is 0 Å². The number of thioether (sulfide) groups is 1. The van der Waals surface area contributed by atoms with Gasteiger partial charge in [-0.05, 0) is 24.3 Å². The van der Waals surface area contributed by atoms with Gasteiger partial charge in [-0.1, -0.05) is 0 Å². The van der Waals surface area contributed by atoms with Crippen molar-refractivity contribution in [3.8, 4) is 0 Å². The normalized spacial score (nSPS) is 9.88. The van der Waals surface area contributed by atoms with E-state index in [1.807, 2.05) is 0 Å². The third-order valence-electron chi connectivity index (χ3n) is 1.85. The van der Waals surface area contributed by atoms with Crippen LogP contribution in [0.5, 0.6) is 0 Å². The van der Waals surface area contributed by atoms with Gasteiger partial charge in [0.25, 0.3) is 0 Å². The van der Waals surface area contributed by atoms with E-state index in [1.54, 1.807) is 0 Å². The number of ketones is 1. The summed E-state index contributed by atoms with van der Waals surface area (Å²) in [5, 5.41) is 0. The highest BCUT2D eigenvalue weighted by atomic mass is 32.2. The van der Waals surface area contributed by atoms with Crippen molar-refractivity contribution in [1.82, 2.24) is 0 Å². The van der Waals surface area contributed by atoms with Crippen molar-refractivity contribution in [2.45, 2.75) is 0 Å². The Labute approximate surface area is 97.0 Å². The average Bonchev–Trinajstić information content (AvgIpc) is 2.29. The van der Waals surface area contributed by atoms with Gasteiger partial charge in [-0.3, -0.25) is 9.59 Å². The van der Waals surface area contributed by atoms with Gasteiger partial charge in [0, 0.05) is 5.56 Å². The third-order valence-corrected chi connectivity index (χ3v) is 2.75. The lowest BCUT2D eigenvalue weighted by Crippen LogP contribution is -2.08. The number of benzene rings is 1. The maximum absolute atomic E-state index is 12.6. The molecule has 3 nitrogen and oxygen atoms in total. The lowest BCUT2D eigenvalue weighted by atomic mass is 10.1. The summed E-state index contributed by atoms with van der Waals surface area (Å²) in [6, 6.07) is 5.32. The molecule has 0 aliphatic rings. The second kappa shape index (κ2) is 6.27. The van der Waals surface area contributed by atoms with Crippen molar-refractivity contribution in [3.63, 3.8) is 0 Å². The average molecular weight is 242 g/mol. The molecule has 0 saturated heterocycles. The van der Waals surface area contributed by atoms with E-state index in [4.69, 9.17) is 0 Å². The fraction of sp³-hybridized carbons (Fsp3) is 0.273. The lowest BCUT2D eigenvalue weighted by molar-refractivity contribution is -0.137. The standard InChI is InChI=1S/C11H11FO3S/c1-15-11(14)7-16-6-10(13)8-2-4-9(12)5-3-8/h2-5H,6-7H2,1H3. The van der Waals surface area contributed by atoms with E-state index in [2.05, 4.69) is 4.74 Å². The van der Waals surface area contributed by atoms with E-state index in [-0.39, 0.29) is 29.1 Å². The number of rotatable bonds is 5. The molecule has 0 N–H and O–H groups in total. The van der Waals surface area contributed by atoms with Gasteiger partial charge >= 0.3 is 5.97 Å². The molecule has 0 aliphatic carbocycles. The number of ether oxygens (including phenoxy) is 1. The highest BCUT2D eigenvalue weighted by Crippen LogP contribution is 2.08. The van der Waals surface area contributed by atoms with Gasteiger partial charge in [0.2, 0.25) is 0 Å². The predicted octanol–water partition coefficient (Wildman–Crippen LogP) is 1.91. The summed E-state index contributed by atoms with van der Waals surface area (Å²) in [6.45, 7) is 0. The molecule has 0 heterocycles. The summed E-state index contributed by atoms with van der Waals surface area (Å²) in [5.41, 5.74) is 0.443. The second-order valence-corrected chi connectivity index (χ2v) is 3.98. The molecule has 86 valence electrons. The largest absolute Gasteiger partial charge is 0.468 e.